The molecular weight excluding hydrogens is 380 g/mol. The first kappa shape index (κ1) is 20.5. The number of aromatic nitrogens is 1. The number of rotatable bonds is 6. The lowest BCUT2D eigenvalue weighted by Gasteiger charge is -2.27. The van der Waals surface area contributed by atoms with Crippen molar-refractivity contribution < 1.29 is 19.1 Å². The van der Waals surface area contributed by atoms with Crippen LogP contribution in [0.25, 0.3) is 11.1 Å². The van der Waals surface area contributed by atoms with Crippen molar-refractivity contribution in [3.63, 3.8) is 0 Å². The standard InChI is InChI=1S/C24H28N2O4/c1-16(2)12-19(24(29)26-11-9-21-23(26)20(27)15-30-21)13-22(28)25-10-8-18(14-25)17-6-4-3-5-7-17/h3-8,10,14,16,19,21,23H,9,11-13,15H2,1-2H3. The topological polar surface area (TPSA) is 68.6 Å². The van der Waals surface area contributed by atoms with Gasteiger partial charge in [0, 0.05) is 31.3 Å². The van der Waals surface area contributed by atoms with Gasteiger partial charge in [0.2, 0.25) is 11.8 Å². The van der Waals surface area contributed by atoms with Crippen LogP contribution in [0, 0.1) is 11.8 Å². The maximum atomic E-state index is 13.3. The van der Waals surface area contributed by atoms with Crippen LogP contribution in [0.2, 0.25) is 0 Å². The number of nitrogens with zero attached hydrogens (tertiary/aromatic N) is 2. The number of carbonyl (C=O) groups excluding carboxylic acids is 3. The summed E-state index contributed by atoms with van der Waals surface area (Å²) in [6.07, 6.45) is 4.80. The molecule has 3 unspecified atom stereocenters. The number of ether oxygens (including phenoxy) is 1. The van der Waals surface area contributed by atoms with Gasteiger partial charge in [-0.1, -0.05) is 44.2 Å². The zero-order valence-electron chi connectivity index (χ0n) is 17.5. The molecule has 2 aliphatic rings. The predicted octanol–water partition coefficient (Wildman–Crippen LogP) is 3.42. The van der Waals surface area contributed by atoms with Crippen LogP contribution in [0.15, 0.2) is 48.8 Å². The fourth-order valence-corrected chi connectivity index (χ4v) is 4.59. The van der Waals surface area contributed by atoms with Crippen LogP contribution in [0.4, 0.5) is 0 Å². The Morgan fingerprint density at radius 3 is 2.63 bits per heavy atom. The zero-order valence-corrected chi connectivity index (χ0v) is 17.5. The third kappa shape index (κ3) is 4.10. The number of hydrogen-bond acceptors (Lipinski definition) is 4. The molecule has 2 fully saturated rings. The highest BCUT2D eigenvalue weighted by Crippen LogP contribution is 2.30. The van der Waals surface area contributed by atoms with Crippen LogP contribution in [0.5, 0.6) is 0 Å². The Kier molecular flexibility index (Phi) is 5.86. The van der Waals surface area contributed by atoms with Gasteiger partial charge in [-0.2, -0.15) is 0 Å². The summed E-state index contributed by atoms with van der Waals surface area (Å²) < 4.78 is 7.08. The normalized spacial score (nSPS) is 21.8. The van der Waals surface area contributed by atoms with Crippen molar-refractivity contribution in [2.45, 2.75) is 45.3 Å². The number of Topliss-reactive ketones (excluding diaryl/α,β-unsaturated/α-hetero) is 1. The summed E-state index contributed by atoms with van der Waals surface area (Å²) in [7, 11) is 0. The van der Waals surface area contributed by atoms with Crippen LogP contribution in [-0.4, -0.2) is 52.4 Å². The van der Waals surface area contributed by atoms with E-state index < -0.39 is 12.0 Å². The Bertz CT molecular complexity index is 934. The highest BCUT2D eigenvalue weighted by atomic mass is 16.5. The molecule has 1 aromatic heterocycles. The summed E-state index contributed by atoms with van der Waals surface area (Å²) in [4.78, 5) is 40.2. The lowest BCUT2D eigenvalue weighted by Crippen LogP contribution is -2.45. The van der Waals surface area contributed by atoms with Gasteiger partial charge in [-0.25, -0.2) is 0 Å². The monoisotopic (exact) mass is 408 g/mol. The maximum Gasteiger partial charge on any atom is 0.231 e. The molecule has 1 amide bonds. The lowest BCUT2D eigenvalue weighted by molar-refractivity contribution is -0.140. The lowest BCUT2D eigenvalue weighted by atomic mass is 9.92. The fourth-order valence-electron chi connectivity index (χ4n) is 4.59. The molecule has 6 nitrogen and oxygen atoms in total. The van der Waals surface area contributed by atoms with E-state index in [1.54, 1.807) is 15.7 Å². The summed E-state index contributed by atoms with van der Waals surface area (Å²) in [5.41, 5.74) is 2.01. The molecule has 6 heteroatoms. The molecule has 1 aromatic carbocycles. The summed E-state index contributed by atoms with van der Waals surface area (Å²) in [6, 6.07) is 11.3. The number of carbonyl (C=O) groups is 3. The van der Waals surface area contributed by atoms with Crippen molar-refractivity contribution in [1.82, 2.24) is 9.47 Å². The molecule has 30 heavy (non-hydrogen) atoms. The summed E-state index contributed by atoms with van der Waals surface area (Å²) in [5.74, 6) is -0.407. The molecule has 2 saturated heterocycles. The summed E-state index contributed by atoms with van der Waals surface area (Å²) in [6.45, 7) is 4.69. The smallest absolute Gasteiger partial charge is 0.231 e. The second-order valence-electron chi connectivity index (χ2n) is 8.68. The third-order valence-corrected chi connectivity index (χ3v) is 6.01. The van der Waals surface area contributed by atoms with Gasteiger partial charge in [-0.05, 0) is 36.0 Å². The first-order valence-electron chi connectivity index (χ1n) is 10.7. The Hall–Kier alpha value is -2.73. The minimum atomic E-state index is -0.474. The van der Waals surface area contributed by atoms with Crippen molar-refractivity contribution in [3.05, 3.63) is 48.8 Å². The largest absolute Gasteiger partial charge is 0.368 e. The molecule has 3 atom stereocenters. The van der Waals surface area contributed by atoms with Gasteiger partial charge in [-0.3, -0.25) is 19.0 Å². The van der Waals surface area contributed by atoms with Crippen LogP contribution in [-0.2, 0) is 14.3 Å². The Labute approximate surface area is 176 Å². The zero-order chi connectivity index (χ0) is 21.3. The van der Waals surface area contributed by atoms with Gasteiger partial charge in [0.05, 0.1) is 6.10 Å². The molecule has 158 valence electrons. The third-order valence-electron chi connectivity index (χ3n) is 6.01. The van der Waals surface area contributed by atoms with Crippen LogP contribution in [0.3, 0.4) is 0 Å². The predicted molar refractivity (Wildman–Crippen MR) is 113 cm³/mol. The molecule has 0 bridgehead atoms. The van der Waals surface area contributed by atoms with E-state index in [1.165, 1.54) is 0 Å². The molecule has 3 heterocycles. The molecule has 0 N–H and O–H groups in total. The number of hydrogen-bond donors (Lipinski definition) is 0. The van der Waals surface area contributed by atoms with E-state index in [0.29, 0.717) is 19.4 Å². The van der Waals surface area contributed by atoms with E-state index in [0.717, 1.165) is 11.1 Å². The number of likely N-dealkylation sites (tertiary alicyclic amines) is 1. The fraction of sp³-hybridized carbons (Fsp3) is 0.458. The second-order valence-corrected chi connectivity index (χ2v) is 8.68. The van der Waals surface area contributed by atoms with Crippen molar-refractivity contribution in [1.29, 1.82) is 0 Å². The van der Waals surface area contributed by atoms with Crippen molar-refractivity contribution in [3.8, 4) is 11.1 Å². The van der Waals surface area contributed by atoms with E-state index in [-0.39, 0.29) is 42.6 Å². The summed E-state index contributed by atoms with van der Waals surface area (Å²) in [5, 5.41) is 0. The minimum Gasteiger partial charge on any atom is -0.368 e. The van der Waals surface area contributed by atoms with E-state index in [1.807, 2.05) is 56.4 Å². The molecule has 0 saturated carbocycles. The van der Waals surface area contributed by atoms with Gasteiger partial charge in [-0.15, -0.1) is 0 Å². The van der Waals surface area contributed by atoms with E-state index in [2.05, 4.69) is 0 Å². The second kappa shape index (κ2) is 8.56. The van der Waals surface area contributed by atoms with Crippen LogP contribution >= 0.6 is 0 Å². The highest BCUT2D eigenvalue weighted by molar-refractivity contribution is 5.94. The molecule has 4 rings (SSSR count). The molecule has 0 spiro atoms. The first-order valence-corrected chi connectivity index (χ1v) is 10.7. The van der Waals surface area contributed by atoms with Gasteiger partial charge in [0.1, 0.15) is 12.6 Å². The summed E-state index contributed by atoms with van der Waals surface area (Å²) >= 11 is 0. The number of ketones is 1. The van der Waals surface area contributed by atoms with Gasteiger partial charge in [0.15, 0.2) is 5.78 Å². The molecule has 2 aliphatic heterocycles. The van der Waals surface area contributed by atoms with Gasteiger partial charge < -0.3 is 9.64 Å². The van der Waals surface area contributed by atoms with Crippen LogP contribution < -0.4 is 0 Å². The quantitative estimate of drug-likeness (QED) is 0.735. The number of benzene rings is 1. The van der Waals surface area contributed by atoms with Crippen LogP contribution in [0.1, 0.15) is 37.9 Å². The Morgan fingerprint density at radius 1 is 1.13 bits per heavy atom. The SMILES string of the molecule is CC(C)CC(CC(=O)n1ccc(-c2ccccc2)c1)C(=O)N1CCC2OCC(=O)C21. The van der Waals surface area contributed by atoms with Gasteiger partial charge in [0.25, 0.3) is 0 Å². The first-order chi connectivity index (χ1) is 14.4. The van der Waals surface area contributed by atoms with Crippen molar-refractivity contribution >= 4 is 17.6 Å². The highest BCUT2D eigenvalue weighted by Gasteiger charge is 2.48. The van der Waals surface area contributed by atoms with E-state index >= 15 is 0 Å². The average Bonchev–Trinajstić information content (AvgIpc) is 3.45. The van der Waals surface area contributed by atoms with E-state index in [4.69, 9.17) is 4.74 Å². The molecule has 2 aromatic rings. The van der Waals surface area contributed by atoms with Crippen molar-refractivity contribution in [2.75, 3.05) is 13.2 Å². The molecule has 0 radical (unpaired) electrons. The van der Waals surface area contributed by atoms with Crippen molar-refractivity contribution in [2.24, 2.45) is 11.8 Å². The Balaban J connectivity index is 1.49. The minimum absolute atomic E-state index is 0.0293. The maximum absolute atomic E-state index is 13.3. The molecule has 0 aliphatic carbocycles. The Morgan fingerprint density at radius 2 is 1.90 bits per heavy atom. The number of amides is 1. The average molecular weight is 408 g/mol. The van der Waals surface area contributed by atoms with Gasteiger partial charge >= 0.3 is 0 Å². The molecular formula is C24H28N2O4. The van der Waals surface area contributed by atoms with E-state index in [9.17, 15) is 14.4 Å². The number of fused-ring (bicyclic) bond motifs is 1.